The van der Waals surface area contributed by atoms with Gasteiger partial charge in [-0.05, 0) is 77.0 Å². The molecule has 1 N–H and O–H groups in total. The van der Waals surface area contributed by atoms with Gasteiger partial charge >= 0.3 is 11.9 Å². The van der Waals surface area contributed by atoms with Gasteiger partial charge in [-0.2, -0.15) is 0 Å². The number of carbonyl (C=O) groups is 2. The van der Waals surface area contributed by atoms with Crippen molar-refractivity contribution in [3.63, 3.8) is 0 Å². The van der Waals surface area contributed by atoms with Crippen LogP contribution >= 0.6 is 0 Å². The number of hydrogen-bond donors (Lipinski definition) is 1. The number of unbranched alkanes of at least 4 members (excludes halogenated alkanes) is 10. The predicted molar refractivity (Wildman–Crippen MR) is 146 cm³/mol. The first-order valence-electron chi connectivity index (χ1n) is 15.7. The van der Waals surface area contributed by atoms with Crippen LogP contribution in [0.15, 0.2) is 0 Å². The molecule has 0 spiro atoms. The van der Waals surface area contributed by atoms with Gasteiger partial charge in [-0.15, -0.1) is 0 Å². The summed E-state index contributed by atoms with van der Waals surface area (Å²) < 4.78 is 11.2. The lowest BCUT2D eigenvalue weighted by Crippen LogP contribution is -2.20. The minimum atomic E-state index is -0.158. The molecule has 2 rings (SSSR count). The van der Waals surface area contributed by atoms with E-state index in [1.807, 2.05) is 0 Å². The van der Waals surface area contributed by atoms with Gasteiger partial charge in [0.2, 0.25) is 0 Å². The van der Waals surface area contributed by atoms with Crippen molar-refractivity contribution in [2.24, 2.45) is 0 Å². The molecule has 2 saturated carbocycles. The number of esters is 2. The molecule has 2 aliphatic carbocycles. The molecule has 210 valence electrons. The molecule has 0 unspecified atom stereocenters. The fourth-order valence-electron chi connectivity index (χ4n) is 5.71. The van der Waals surface area contributed by atoms with E-state index in [2.05, 4.69) is 0 Å². The molecule has 5 heteroatoms. The van der Waals surface area contributed by atoms with E-state index in [0.29, 0.717) is 12.8 Å². The molecule has 0 bridgehead atoms. The van der Waals surface area contributed by atoms with Crippen LogP contribution < -0.4 is 0 Å². The van der Waals surface area contributed by atoms with Gasteiger partial charge in [-0.1, -0.05) is 77.0 Å². The summed E-state index contributed by atoms with van der Waals surface area (Å²) in [6, 6.07) is 0. The first-order chi connectivity index (χ1) is 17.6. The van der Waals surface area contributed by atoms with E-state index < -0.39 is 0 Å². The average molecular weight is 509 g/mol. The summed E-state index contributed by atoms with van der Waals surface area (Å²) in [5, 5.41) is 10.2. The maximum atomic E-state index is 11.9. The zero-order chi connectivity index (χ0) is 25.7. The molecule has 0 saturated heterocycles. The highest BCUT2D eigenvalue weighted by Gasteiger charge is 2.18. The summed E-state index contributed by atoms with van der Waals surface area (Å²) >= 11 is 0. The molecule has 2 fully saturated rings. The van der Waals surface area contributed by atoms with Gasteiger partial charge in [0.15, 0.2) is 0 Å². The quantitative estimate of drug-likeness (QED) is 0.132. The van der Waals surface area contributed by atoms with Crippen LogP contribution in [-0.4, -0.2) is 35.4 Å². The van der Waals surface area contributed by atoms with E-state index in [4.69, 9.17) is 9.47 Å². The van der Waals surface area contributed by atoms with Crippen molar-refractivity contribution in [2.75, 3.05) is 0 Å². The van der Waals surface area contributed by atoms with E-state index in [-0.39, 0.29) is 30.3 Å². The van der Waals surface area contributed by atoms with Crippen molar-refractivity contribution in [2.45, 2.75) is 185 Å². The normalized spacial score (nSPS) is 17.4. The van der Waals surface area contributed by atoms with Gasteiger partial charge in [-0.25, -0.2) is 0 Å². The molecule has 0 heterocycles. The van der Waals surface area contributed by atoms with Gasteiger partial charge < -0.3 is 14.6 Å². The molecule has 5 nitrogen and oxygen atoms in total. The number of carbonyl (C=O) groups excluding carboxylic acids is 2. The van der Waals surface area contributed by atoms with E-state index in [1.54, 1.807) is 0 Å². The second kappa shape index (κ2) is 20.9. The minimum Gasteiger partial charge on any atom is -0.462 e. The lowest BCUT2D eigenvalue weighted by Gasteiger charge is -2.21. The maximum Gasteiger partial charge on any atom is 0.306 e. The molecule has 0 radical (unpaired) electrons. The SMILES string of the molecule is O=C(CCCCCCCCC(O)CCCCCCCCC(=O)OC1CCCCC1)OC1CCCCC1. The van der Waals surface area contributed by atoms with E-state index in [0.717, 1.165) is 77.0 Å². The first kappa shape index (κ1) is 31.1. The highest BCUT2D eigenvalue weighted by molar-refractivity contribution is 5.69. The third kappa shape index (κ3) is 16.6. The number of aliphatic hydroxyl groups is 1. The number of rotatable bonds is 20. The molecule has 2 aliphatic rings. The molecule has 0 aromatic heterocycles. The largest absolute Gasteiger partial charge is 0.462 e. The number of ether oxygens (including phenoxy) is 2. The van der Waals surface area contributed by atoms with Crippen LogP contribution in [0.25, 0.3) is 0 Å². The van der Waals surface area contributed by atoms with Crippen LogP contribution in [-0.2, 0) is 19.1 Å². The third-order valence-corrected chi connectivity index (χ3v) is 8.04. The number of aliphatic hydroxyl groups excluding tert-OH is 1. The maximum absolute atomic E-state index is 11.9. The summed E-state index contributed by atoms with van der Waals surface area (Å²) in [5.74, 6) is -0.000766. The molecule has 0 atom stereocenters. The van der Waals surface area contributed by atoms with E-state index in [1.165, 1.54) is 77.0 Å². The predicted octanol–water partition coefficient (Wildman–Crippen LogP) is 8.34. The zero-order valence-electron chi connectivity index (χ0n) is 23.2. The molecule has 36 heavy (non-hydrogen) atoms. The topological polar surface area (TPSA) is 72.8 Å². The summed E-state index contributed by atoms with van der Waals surface area (Å²) in [5.41, 5.74) is 0. The Morgan fingerprint density at radius 2 is 0.861 bits per heavy atom. The average Bonchev–Trinajstić information content (AvgIpc) is 2.88. The van der Waals surface area contributed by atoms with Gasteiger partial charge in [0.25, 0.3) is 0 Å². The Morgan fingerprint density at radius 1 is 0.528 bits per heavy atom. The molecular weight excluding hydrogens is 452 g/mol. The van der Waals surface area contributed by atoms with Crippen molar-refractivity contribution in [1.82, 2.24) is 0 Å². The van der Waals surface area contributed by atoms with Crippen molar-refractivity contribution in [3.05, 3.63) is 0 Å². The standard InChI is InChI=1S/C31H56O5/c32-27(19-11-5-1-3-7-17-25-30(33)35-28-21-13-9-14-22-28)20-12-6-2-4-8-18-26-31(34)36-29-23-15-10-16-24-29/h27-29,32H,1-26H2. The van der Waals surface area contributed by atoms with Crippen LogP contribution in [0.5, 0.6) is 0 Å². The monoisotopic (exact) mass is 508 g/mol. The fraction of sp³-hybridized carbons (Fsp3) is 0.935. The Labute approximate surface area is 221 Å². The van der Waals surface area contributed by atoms with Crippen molar-refractivity contribution in [1.29, 1.82) is 0 Å². The van der Waals surface area contributed by atoms with Gasteiger partial charge in [0, 0.05) is 12.8 Å². The smallest absolute Gasteiger partial charge is 0.306 e. The molecule has 0 aromatic carbocycles. The van der Waals surface area contributed by atoms with Crippen molar-refractivity contribution < 1.29 is 24.2 Å². The summed E-state index contributed by atoms with van der Waals surface area (Å²) in [6.07, 6.45) is 28.1. The van der Waals surface area contributed by atoms with Gasteiger partial charge in [-0.3, -0.25) is 9.59 Å². The Kier molecular flexibility index (Phi) is 18.1. The highest BCUT2D eigenvalue weighted by Crippen LogP contribution is 2.22. The van der Waals surface area contributed by atoms with Gasteiger partial charge in [0.05, 0.1) is 6.10 Å². The first-order valence-corrected chi connectivity index (χ1v) is 15.7. The lowest BCUT2D eigenvalue weighted by atomic mass is 9.98. The van der Waals surface area contributed by atoms with Gasteiger partial charge in [0.1, 0.15) is 12.2 Å². The van der Waals surface area contributed by atoms with E-state index >= 15 is 0 Å². The fourth-order valence-corrected chi connectivity index (χ4v) is 5.71. The summed E-state index contributed by atoms with van der Waals surface area (Å²) in [4.78, 5) is 23.8. The van der Waals surface area contributed by atoms with Crippen LogP contribution in [0, 0.1) is 0 Å². The summed E-state index contributed by atoms with van der Waals surface area (Å²) in [6.45, 7) is 0. The molecule has 0 aromatic rings. The lowest BCUT2D eigenvalue weighted by molar-refractivity contribution is -0.151. The summed E-state index contributed by atoms with van der Waals surface area (Å²) in [7, 11) is 0. The second-order valence-electron chi connectivity index (χ2n) is 11.5. The highest BCUT2D eigenvalue weighted by atomic mass is 16.5. The Hall–Kier alpha value is -1.10. The molecular formula is C31H56O5. The van der Waals surface area contributed by atoms with Crippen molar-refractivity contribution >= 4 is 11.9 Å². The van der Waals surface area contributed by atoms with E-state index in [9.17, 15) is 14.7 Å². The minimum absolute atomic E-state index is 0.000383. The Bertz CT molecular complexity index is 503. The third-order valence-electron chi connectivity index (χ3n) is 8.04. The van der Waals surface area contributed by atoms with Crippen LogP contribution in [0.3, 0.4) is 0 Å². The Balaban J connectivity index is 1.27. The Morgan fingerprint density at radius 3 is 1.25 bits per heavy atom. The molecule has 0 aliphatic heterocycles. The molecule has 0 amide bonds. The van der Waals surface area contributed by atoms with Crippen LogP contribution in [0.2, 0.25) is 0 Å². The van der Waals surface area contributed by atoms with Crippen molar-refractivity contribution in [3.8, 4) is 0 Å². The van der Waals surface area contributed by atoms with Crippen LogP contribution in [0.4, 0.5) is 0 Å². The number of hydrogen-bond acceptors (Lipinski definition) is 5. The second-order valence-corrected chi connectivity index (χ2v) is 11.5. The van der Waals surface area contributed by atoms with Crippen LogP contribution in [0.1, 0.15) is 167 Å². The zero-order valence-corrected chi connectivity index (χ0v) is 23.2.